The SMILES string of the molecule is Cl.N#Cc1ccc2c(c1)CN(CCCCNC(=O)c1ccc(-c3ccccc3)cc1)CC2. The first kappa shape index (κ1) is 23.5. The minimum Gasteiger partial charge on any atom is -0.352 e. The van der Waals surface area contributed by atoms with Crippen LogP contribution < -0.4 is 5.32 Å². The van der Waals surface area contributed by atoms with E-state index in [0.29, 0.717) is 12.1 Å². The third kappa shape index (κ3) is 5.97. The van der Waals surface area contributed by atoms with Crippen LogP contribution in [0.5, 0.6) is 0 Å². The van der Waals surface area contributed by atoms with Gasteiger partial charge in [-0.15, -0.1) is 12.4 Å². The summed E-state index contributed by atoms with van der Waals surface area (Å²) >= 11 is 0. The number of amides is 1. The molecule has 3 aromatic rings. The van der Waals surface area contributed by atoms with Crippen molar-refractivity contribution in [3.8, 4) is 17.2 Å². The van der Waals surface area contributed by atoms with Crippen LogP contribution in [-0.2, 0) is 13.0 Å². The maximum atomic E-state index is 12.4. The van der Waals surface area contributed by atoms with Crippen molar-refractivity contribution in [3.63, 3.8) is 0 Å². The van der Waals surface area contributed by atoms with Crippen molar-refractivity contribution >= 4 is 18.3 Å². The number of nitrogens with zero attached hydrogens (tertiary/aromatic N) is 2. The van der Waals surface area contributed by atoms with Crippen molar-refractivity contribution in [1.82, 2.24) is 10.2 Å². The van der Waals surface area contributed by atoms with E-state index in [0.717, 1.165) is 55.6 Å². The average Bonchev–Trinajstić information content (AvgIpc) is 2.84. The summed E-state index contributed by atoms with van der Waals surface area (Å²) in [6, 6.07) is 26.2. The van der Waals surface area contributed by atoms with E-state index in [9.17, 15) is 4.79 Å². The van der Waals surface area contributed by atoms with Gasteiger partial charge in [-0.2, -0.15) is 5.26 Å². The third-order valence-corrected chi connectivity index (χ3v) is 5.87. The molecule has 0 aliphatic carbocycles. The van der Waals surface area contributed by atoms with Gasteiger partial charge in [0.15, 0.2) is 0 Å². The molecular formula is C27H28ClN3O. The van der Waals surface area contributed by atoms with E-state index >= 15 is 0 Å². The van der Waals surface area contributed by atoms with E-state index in [1.165, 1.54) is 11.1 Å². The summed E-state index contributed by atoms with van der Waals surface area (Å²) in [6.07, 6.45) is 3.03. The number of benzene rings is 3. The highest BCUT2D eigenvalue weighted by Crippen LogP contribution is 2.21. The molecule has 5 heteroatoms. The van der Waals surface area contributed by atoms with Gasteiger partial charge >= 0.3 is 0 Å². The topological polar surface area (TPSA) is 56.1 Å². The van der Waals surface area contributed by atoms with Gasteiger partial charge < -0.3 is 5.32 Å². The van der Waals surface area contributed by atoms with Crippen molar-refractivity contribution < 1.29 is 4.79 Å². The van der Waals surface area contributed by atoms with E-state index in [1.807, 2.05) is 54.6 Å². The van der Waals surface area contributed by atoms with E-state index in [1.54, 1.807) is 0 Å². The smallest absolute Gasteiger partial charge is 0.251 e. The quantitative estimate of drug-likeness (QED) is 0.507. The Morgan fingerprint density at radius 2 is 1.69 bits per heavy atom. The number of nitrogens with one attached hydrogen (secondary N) is 1. The first-order valence-electron chi connectivity index (χ1n) is 10.9. The monoisotopic (exact) mass is 445 g/mol. The summed E-state index contributed by atoms with van der Waals surface area (Å²) in [5.74, 6) is -0.0180. The van der Waals surface area contributed by atoms with E-state index in [2.05, 4.69) is 34.5 Å². The number of fused-ring (bicyclic) bond motifs is 1. The Hall–Kier alpha value is -3.13. The Kier molecular flexibility index (Phi) is 8.44. The number of halogens is 1. The number of carbonyl (C=O) groups excluding carboxylic acids is 1. The van der Waals surface area contributed by atoms with Crippen molar-refractivity contribution in [1.29, 1.82) is 5.26 Å². The predicted octanol–water partition coefficient (Wildman–Crippen LogP) is 5.22. The molecule has 164 valence electrons. The Morgan fingerprint density at radius 1 is 0.938 bits per heavy atom. The van der Waals surface area contributed by atoms with Gasteiger partial charge in [-0.1, -0.05) is 48.5 Å². The Labute approximate surface area is 196 Å². The maximum absolute atomic E-state index is 12.4. The van der Waals surface area contributed by atoms with Gasteiger partial charge in [0.2, 0.25) is 0 Å². The number of hydrogen-bond acceptors (Lipinski definition) is 3. The molecular weight excluding hydrogens is 418 g/mol. The molecule has 0 saturated heterocycles. The zero-order chi connectivity index (χ0) is 21.5. The Bertz CT molecular complexity index is 1070. The molecule has 1 aliphatic rings. The zero-order valence-electron chi connectivity index (χ0n) is 18.1. The van der Waals surface area contributed by atoms with Crippen molar-refractivity contribution in [2.75, 3.05) is 19.6 Å². The minimum absolute atomic E-state index is 0. The molecule has 32 heavy (non-hydrogen) atoms. The van der Waals surface area contributed by atoms with Crippen LogP contribution in [-0.4, -0.2) is 30.4 Å². The second-order valence-electron chi connectivity index (χ2n) is 8.03. The van der Waals surface area contributed by atoms with Crippen LogP contribution in [0.2, 0.25) is 0 Å². The van der Waals surface area contributed by atoms with Crippen LogP contribution in [0.4, 0.5) is 0 Å². The van der Waals surface area contributed by atoms with E-state index in [-0.39, 0.29) is 18.3 Å². The summed E-state index contributed by atoms with van der Waals surface area (Å²) in [6.45, 7) is 3.66. The molecule has 1 amide bonds. The first-order chi connectivity index (χ1) is 15.2. The summed E-state index contributed by atoms with van der Waals surface area (Å²) < 4.78 is 0. The number of hydrogen-bond donors (Lipinski definition) is 1. The Morgan fingerprint density at radius 3 is 2.44 bits per heavy atom. The molecule has 1 heterocycles. The highest BCUT2D eigenvalue weighted by atomic mass is 35.5. The van der Waals surface area contributed by atoms with E-state index in [4.69, 9.17) is 5.26 Å². The van der Waals surface area contributed by atoms with Gasteiger partial charge in [0.05, 0.1) is 11.6 Å². The van der Waals surface area contributed by atoms with Gasteiger partial charge in [0.1, 0.15) is 0 Å². The fourth-order valence-corrected chi connectivity index (χ4v) is 4.08. The maximum Gasteiger partial charge on any atom is 0.251 e. The predicted molar refractivity (Wildman–Crippen MR) is 131 cm³/mol. The lowest BCUT2D eigenvalue weighted by molar-refractivity contribution is 0.0952. The van der Waals surface area contributed by atoms with Crippen molar-refractivity contribution in [2.24, 2.45) is 0 Å². The fourth-order valence-electron chi connectivity index (χ4n) is 4.08. The number of unbranched alkanes of at least 4 members (excludes halogenated alkanes) is 1. The number of nitriles is 1. The van der Waals surface area contributed by atoms with Crippen LogP contribution in [0.15, 0.2) is 72.8 Å². The third-order valence-electron chi connectivity index (χ3n) is 5.87. The molecule has 0 unspecified atom stereocenters. The molecule has 0 saturated carbocycles. The molecule has 1 aliphatic heterocycles. The molecule has 3 aromatic carbocycles. The molecule has 0 spiro atoms. The lowest BCUT2D eigenvalue weighted by atomic mass is 9.97. The molecule has 1 N–H and O–H groups in total. The van der Waals surface area contributed by atoms with Crippen molar-refractivity contribution in [3.05, 3.63) is 95.1 Å². The lowest BCUT2D eigenvalue weighted by Crippen LogP contribution is -2.32. The summed E-state index contributed by atoms with van der Waals surface area (Å²) in [5, 5.41) is 12.1. The molecule has 0 bridgehead atoms. The van der Waals surface area contributed by atoms with Crippen LogP contribution in [0.1, 0.15) is 39.9 Å². The summed E-state index contributed by atoms with van der Waals surface area (Å²) in [5.41, 5.74) is 6.33. The largest absolute Gasteiger partial charge is 0.352 e. The van der Waals surface area contributed by atoms with Crippen LogP contribution in [0.25, 0.3) is 11.1 Å². The van der Waals surface area contributed by atoms with Crippen molar-refractivity contribution in [2.45, 2.75) is 25.8 Å². The van der Waals surface area contributed by atoms with Gasteiger partial charge in [0, 0.05) is 25.2 Å². The van der Waals surface area contributed by atoms with Gasteiger partial charge in [0.25, 0.3) is 5.91 Å². The minimum atomic E-state index is -0.0180. The van der Waals surface area contributed by atoms with Gasteiger partial charge in [-0.3, -0.25) is 9.69 Å². The number of rotatable bonds is 7. The molecule has 0 fully saturated rings. The number of carbonyl (C=O) groups is 1. The highest BCUT2D eigenvalue weighted by molar-refractivity contribution is 5.94. The van der Waals surface area contributed by atoms with Crippen LogP contribution in [0, 0.1) is 11.3 Å². The first-order valence-corrected chi connectivity index (χ1v) is 10.9. The lowest BCUT2D eigenvalue weighted by Gasteiger charge is -2.28. The average molecular weight is 446 g/mol. The van der Waals surface area contributed by atoms with E-state index < -0.39 is 0 Å². The molecule has 0 aromatic heterocycles. The summed E-state index contributed by atoms with van der Waals surface area (Å²) in [4.78, 5) is 14.8. The van der Waals surface area contributed by atoms with Crippen LogP contribution in [0.3, 0.4) is 0 Å². The fraction of sp³-hybridized carbons (Fsp3) is 0.259. The second kappa shape index (κ2) is 11.5. The van der Waals surface area contributed by atoms with Crippen LogP contribution >= 0.6 is 12.4 Å². The summed E-state index contributed by atoms with van der Waals surface area (Å²) in [7, 11) is 0. The molecule has 0 atom stereocenters. The molecule has 4 rings (SSSR count). The van der Waals surface area contributed by atoms with Gasteiger partial charge in [-0.25, -0.2) is 0 Å². The highest BCUT2D eigenvalue weighted by Gasteiger charge is 2.16. The van der Waals surface area contributed by atoms with Gasteiger partial charge in [-0.05, 0) is 72.3 Å². The Balaban J connectivity index is 0.00000289. The standard InChI is InChI=1S/C27H27N3O.ClH/c28-19-21-8-9-24-14-17-30(20-26(24)18-21)16-5-4-15-29-27(31)25-12-10-23(11-13-25)22-6-2-1-3-7-22;/h1-3,6-13,18H,4-5,14-17,20H2,(H,29,31);1H. The second-order valence-corrected chi connectivity index (χ2v) is 8.03. The zero-order valence-corrected chi connectivity index (χ0v) is 18.9. The normalized spacial score (nSPS) is 12.8. The molecule has 4 nitrogen and oxygen atoms in total. The molecule has 0 radical (unpaired) electrons.